The van der Waals surface area contributed by atoms with Gasteiger partial charge in [-0.3, -0.25) is 14.3 Å². The van der Waals surface area contributed by atoms with Gasteiger partial charge in [0.15, 0.2) is 0 Å². The van der Waals surface area contributed by atoms with Crippen LogP contribution in [0.15, 0.2) is 77.8 Å². The maximum Gasteiger partial charge on any atom is 0.261 e. The van der Waals surface area contributed by atoms with E-state index in [4.69, 9.17) is 0 Å². The van der Waals surface area contributed by atoms with Crippen molar-refractivity contribution >= 4 is 44.1 Å². The molecule has 0 aliphatic heterocycles. The third kappa shape index (κ3) is 5.06. The number of aryl methyl sites for hydroxylation is 1. The van der Waals surface area contributed by atoms with Gasteiger partial charge in [-0.25, -0.2) is 8.42 Å². The lowest BCUT2D eigenvalue weighted by atomic mass is 10.1. The Labute approximate surface area is 208 Å². The summed E-state index contributed by atoms with van der Waals surface area (Å²) in [7, 11) is -2.60. The zero-order valence-electron chi connectivity index (χ0n) is 19.6. The number of nitrogens with zero attached hydrogens (tertiary/aromatic N) is 2. The van der Waals surface area contributed by atoms with Gasteiger partial charge >= 0.3 is 0 Å². The summed E-state index contributed by atoms with van der Waals surface area (Å²) in [6.45, 7) is 1.62. The van der Waals surface area contributed by atoms with Crippen molar-refractivity contribution in [1.29, 1.82) is 5.26 Å². The van der Waals surface area contributed by atoms with Gasteiger partial charge in [0.2, 0.25) is 5.91 Å². The zero-order valence-corrected chi connectivity index (χ0v) is 20.4. The predicted molar refractivity (Wildman–Crippen MR) is 137 cm³/mol. The van der Waals surface area contributed by atoms with E-state index in [1.54, 1.807) is 36.4 Å². The van der Waals surface area contributed by atoms with Gasteiger partial charge in [-0.1, -0.05) is 30.3 Å². The molecular weight excluding hydrogens is 478 g/mol. The molecular formula is C26H23N5O4S. The maximum atomic E-state index is 13.2. The summed E-state index contributed by atoms with van der Waals surface area (Å²) in [6.07, 6.45) is 1.53. The average Bonchev–Trinajstić information content (AvgIpc) is 3.31. The van der Waals surface area contributed by atoms with Crippen LogP contribution in [-0.2, 0) is 14.8 Å². The van der Waals surface area contributed by atoms with Crippen molar-refractivity contribution in [3.05, 3.63) is 89.6 Å². The molecule has 0 unspecified atom stereocenters. The van der Waals surface area contributed by atoms with Crippen LogP contribution in [0.4, 0.5) is 11.4 Å². The Kier molecular flexibility index (Phi) is 6.76. The lowest BCUT2D eigenvalue weighted by Gasteiger charge is -2.17. The fourth-order valence-electron chi connectivity index (χ4n) is 3.82. The fourth-order valence-corrected chi connectivity index (χ4v) is 4.94. The normalized spacial score (nSPS) is 11.0. The van der Waals surface area contributed by atoms with E-state index in [2.05, 4.69) is 21.1 Å². The number of rotatable bonds is 7. The number of para-hydroxylation sites is 1. The molecule has 0 fully saturated rings. The number of nitriles is 1. The van der Waals surface area contributed by atoms with Crippen molar-refractivity contribution < 1.29 is 18.0 Å². The smallest absolute Gasteiger partial charge is 0.261 e. The Morgan fingerprint density at radius 3 is 2.53 bits per heavy atom. The van der Waals surface area contributed by atoms with Crippen LogP contribution in [-0.4, -0.2) is 43.7 Å². The van der Waals surface area contributed by atoms with Crippen LogP contribution < -0.4 is 10.0 Å². The van der Waals surface area contributed by atoms with Gasteiger partial charge in [0.25, 0.3) is 15.9 Å². The number of carbonyl (C=O) groups excluding carboxylic acids is 2. The number of sulfonamides is 1. The monoisotopic (exact) mass is 501 g/mol. The van der Waals surface area contributed by atoms with Crippen molar-refractivity contribution in [2.75, 3.05) is 23.6 Å². The SMILES string of the molecule is Cc1ccc(NS(=O)(=O)c2cccc(C(=O)N(C)CC(=O)Nc3ccccc3)c2)c2[nH]cc(C#N)c12. The quantitative estimate of drug-likeness (QED) is 0.353. The highest BCUT2D eigenvalue weighted by Gasteiger charge is 2.21. The van der Waals surface area contributed by atoms with Gasteiger partial charge in [0.05, 0.1) is 28.2 Å². The van der Waals surface area contributed by atoms with Crippen LogP contribution in [0.5, 0.6) is 0 Å². The van der Waals surface area contributed by atoms with E-state index in [9.17, 15) is 23.3 Å². The van der Waals surface area contributed by atoms with Crippen LogP contribution >= 0.6 is 0 Å². The lowest BCUT2D eigenvalue weighted by molar-refractivity contribution is -0.116. The molecule has 10 heteroatoms. The van der Waals surface area contributed by atoms with Gasteiger partial charge in [0, 0.05) is 29.9 Å². The number of likely N-dealkylation sites (N-methyl/N-ethyl adjacent to an activating group) is 1. The van der Waals surface area contributed by atoms with E-state index in [1.807, 2.05) is 13.0 Å². The third-order valence-corrected chi connectivity index (χ3v) is 6.95. The van der Waals surface area contributed by atoms with E-state index in [0.717, 1.165) is 5.56 Å². The fraction of sp³-hybridized carbons (Fsp3) is 0.115. The lowest BCUT2D eigenvalue weighted by Crippen LogP contribution is -2.35. The number of hydrogen-bond donors (Lipinski definition) is 3. The molecule has 3 aromatic carbocycles. The first kappa shape index (κ1) is 24.5. The van der Waals surface area contributed by atoms with Gasteiger partial charge in [-0.05, 0) is 48.9 Å². The summed E-state index contributed by atoms with van der Waals surface area (Å²) in [5.41, 5.74) is 2.74. The molecule has 0 saturated carbocycles. The van der Waals surface area contributed by atoms with E-state index in [1.165, 1.54) is 42.4 Å². The number of carbonyl (C=O) groups is 2. The Balaban J connectivity index is 1.53. The van der Waals surface area contributed by atoms with Gasteiger partial charge in [0.1, 0.15) is 6.07 Å². The highest BCUT2D eigenvalue weighted by molar-refractivity contribution is 7.92. The van der Waals surface area contributed by atoms with Gasteiger partial charge < -0.3 is 15.2 Å². The van der Waals surface area contributed by atoms with Crippen LogP contribution in [0.3, 0.4) is 0 Å². The van der Waals surface area contributed by atoms with Crippen LogP contribution in [0, 0.1) is 18.3 Å². The second-order valence-electron chi connectivity index (χ2n) is 8.20. The zero-order chi connectivity index (χ0) is 25.9. The van der Waals surface area contributed by atoms with Crippen molar-refractivity contribution in [2.24, 2.45) is 0 Å². The van der Waals surface area contributed by atoms with Crippen molar-refractivity contribution in [2.45, 2.75) is 11.8 Å². The molecule has 0 saturated heterocycles. The van der Waals surface area contributed by atoms with E-state index >= 15 is 0 Å². The topological polar surface area (TPSA) is 135 Å². The Bertz CT molecular complexity index is 1600. The molecule has 4 rings (SSSR count). The molecule has 9 nitrogen and oxygen atoms in total. The minimum Gasteiger partial charge on any atom is -0.358 e. The molecule has 0 aliphatic carbocycles. The molecule has 182 valence electrons. The van der Waals surface area contributed by atoms with E-state index < -0.39 is 15.9 Å². The van der Waals surface area contributed by atoms with Gasteiger partial charge in [-0.2, -0.15) is 5.26 Å². The first-order chi connectivity index (χ1) is 17.2. The first-order valence-electron chi connectivity index (χ1n) is 10.9. The summed E-state index contributed by atoms with van der Waals surface area (Å²) in [5, 5.41) is 12.7. The number of aromatic amines is 1. The van der Waals surface area contributed by atoms with Crippen LogP contribution in [0.1, 0.15) is 21.5 Å². The highest BCUT2D eigenvalue weighted by Crippen LogP contribution is 2.30. The minimum absolute atomic E-state index is 0.115. The van der Waals surface area contributed by atoms with Gasteiger partial charge in [-0.15, -0.1) is 0 Å². The summed E-state index contributed by atoms with van der Waals surface area (Å²) in [6, 6.07) is 19.9. The molecule has 0 atom stereocenters. The van der Waals surface area contributed by atoms with Crippen LogP contribution in [0.2, 0.25) is 0 Å². The molecule has 2 amide bonds. The Morgan fingerprint density at radius 1 is 1.06 bits per heavy atom. The Hall–Kier alpha value is -4.62. The number of hydrogen-bond acceptors (Lipinski definition) is 5. The number of fused-ring (bicyclic) bond motifs is 1. The second kappa shape index (κ2) is 9.93. The number of benzene rings is 3. The summed E-state index contributed by atoms with van der Waals surface area (Å²) in [4.78, 5) is 29.3. The van der Waals surface area contributed by atoms with E-state index in [-0.39, 0.29) is 28.6 Å². The second-order valence-corrected chi connectivity index (χ2v) is 9.89. The van der Waals surface area contributed by atoms with Crippen LogP contribution in [0.25, 0.3) is 10.9 Å². The molecule has 0 spiro atoms. The largest absolute Gasteiger partial charge is 0.358 e. The molecule has 1 aromatic heterocycles. The van der Waals surface area contributed by atoms with E-state index in [0.29, 0.717) is 22.2 Å². The molecule has 1 heterocycles. The number of amides is 2. The summed E-state index contributed by atoms with van der Waals surface area (Å²) >= 11 is 0. The number of H-pyrrole nitrogens is 1. The highest BCUT2D eigenvalue weighted by atomic mass is 32.2. The molecule has 36 heavy (non-hydrogen) atoms. The minimum atomic E-state index is -4.06. The molecule has 4 aromatic rings. The van der Waals surface area contributed by atoms with Crippen molar-refractivity contribution in [3.63, 3.8) is 0 Å². The first-order valence-corrected chi connectivity index (χ1v) is 12.4. The molecule has 0 aliphatic rings. The summed E-state index contributed by atoms with van der Waals surface area (Å²) < 4.78 is 28.8. The number of nitrogens with one attached hydrogen (secondary N) is 3. The number of aromatic nitrogens is 1. The number of anilines is 2. The molecule has 0 radical (unpaired) electrons. The van der Waals surface area contributed by atoms with Crippen molar-refractivity contribution in [1.82, 2.24) is 9.88 Å². The summed E-state index contributed by atoms with van der Waals surface area (Å²) in [5.74, 6) is -0.885. The third-order valence-electron chi connectivity index (χ3n) is 5.58. The standard InChI is InChI=1S/C26H23N5O4S/c1-17-11-12-22(25-24(17)19(14-27)15-28-25)30-36(34,35)21-10-6-7-18(13-21)26(33)31(2)16-23(32)29-20-8-4-3-5-9-20/h3-13,15,28,30H,16H2,1-2H3,(H,29,32). The maximum absolute atomic E-state index is 13.2. The molecule has 0 bridgehead atoms. The molecule has 3 N–H and O–H groups in total. The average molecular weight is 502 g/mol. The van der Waals surface area contributed by atoms with Crippen molar-refractivity contribution in [3.8, 4) is 6.07 Å². The Morgan fingerprint density at radius 2 is 1.81 bits per heavy atom. The predicted octanol–water partition coefficient (Wildman–Crippen LogP) is 3.86.